The first kappa shape index (κ1) is 19.5. The van der Waals surface area contributed by atoms with E-state index in [1.165, 1.54) is 0 Å². The van der Waals surface area contributed by atoms with Crippen LogP contribution in [0.1, 0.15) is 43.0 Å². The number of hydrogen-bond acceptors (Lipinski definition) is 4. The van der Waals surface area contributed by atoms with Crippen molar-refractivity contribution in [1.29, 1.82) is 0 Å². The van der Waals surface area contributed by atoms with Crippen LogP contribution in [0.15, 0.2) is 24.3 Å². The van der Waals surface area contributed by atoms with Gasteiger partial charge in [-0.1, -0.05) is 6.07 Å². The van der Waals surface area contributed by atoms with Gasteiger partial charge in [0.05, 0.1) is 12.2 Å². The Kier molecular flexibility index (Phi) is 8.66. The minimum atomic E-state index is -0.367. The molecule has 0 bridgehead atoms. The molecule has 0 spiro atoms. The predicted octanol–water partition coefficient (Wildman–Crippen LogP) is 3.00. The van der Waals surface area contributed by atoms with E-state index in [-0.39, 0.29) is 24.3 Å². The van der Waals surface area contributed by atoms with Crippen LogP contribution >= 0.6 is 12.4 Å². The summed E-state index contributed by atoms with van der Waals surface area (Å²) < 4.78 is 4.96. The van der Waals surface area contributed by atoms with Gasteiger partial charge in [0.15, 0.2) is 0 Å². The van der Waals surface area contributed by atoms with E-state index in [2.05, 4.69) is 10.6 Å². The molecule has 1 aromatic carbocycles. The van der Waals surface area contributed by atoms with Crippen LogP contribution in [0.2, 0.25) is 0 Å². The molecule has 2 rings (SSSR count). The summed E-state index contributed by atoms with van der Waals surface area (Å²) in [5.74, 6) is 0.269. The van der Waals surface area contributed by atoms with Gasteiger partial charge in [-0.3, -0.25) is 4.79 Å². The van der Waals surface area contributed by atoms with Gasteiger partial charge in [-0.05, 0) is 63.4 Å². The Labute approximate surface area is 143 Å². The summed E-state index contributed by atoms with van der Waals surface area (Å²) in [6.07, 6.45) is 3.73. The molecule has 1 aromatic rings. The third-order valence-corrected chi connectivity index (χ3v) is 3.90. The van der Waals surface area contributed by atoms with Gasteiger partial charge in [-0.15, -0.1) is 12.4 Å². The van der Waals surface area contributed by atoms with Crippen molar-refractivity contribution in [1.82, 2.24) is 5.32 Å². The van der Waals surface area contributed by atoms with Gasteiger partial charge in [0, 0.05) is 12.1 Å². The number of amides is 1. The number of halogens is 1. The summed E-state index contributed by atoms with van der Waals surface area (Å²) in [6.45, 7) is 4.21. The van der Waals surface area contributed by atoms with Crippen LogP contribution in [0.5, 0.6) is 0 Å². The van der Waals surface area contributed by atoms with E-state index in [0.29, 0.717) is 30.2 Å². The molecule has 1 aliphatic rings. The fraction of sp³-hybridized carbons (Fsp3) is 0.529. The molecule has 0 saturated carbocycles. The summed E-state index contributed by atoms with van der Waals surface area (Å²) in [6, 6.07) is 6.86. The van der Waals surface area contributed by atoms with Gasteiger partial charge >= 0.3 is 5.97 Å². The highest BCUT2D eigenvalue weighted by molar-refractivity contribution is 5.94. The second-order valence-corrected chi connectivity index (χ2v) is 5.58. The fourth-order valence-corrected chi connectivity index (χ4v) is 2.67. The van der Waals surface area contributed by atoms with Crippen molar-refractivity contribution in [2.24, 2.45) is 5.92 Å². The van der Waals surface area contributed by atoms with Crippen LogP contribution < -0.4 is 10.6 Å². The molecule has 0 unspecified atom stereocenters. The fourth-order valence-electron chi connectivity index (χ4n) is 2.67. The molecule has 23 heavy (non-hydrogen) atoms. The van der Waals surface area contributed by atoms with E-state index in [1.807, 2.05) is 0 Å². The standard InChI is InChI=1S/C17H24N2O3.ClH/c1-2-22-17(21)14-4-3-5-15(12-14)19-16(20)7-6-13-8-10-18-11-9-13;/h3-5,12-13,18H,2,6-11H2,1H3,(H,19,20);1H. The van der Waals surface area contributed by atoms with Gasteiger partial charge in [0.25, 0.3) is 0 Å². The van der Waals surface area contributed by atoms with Gasteiger partial charge in [-0.2, -0.15) is 0 Å². The van der Waals surface area contributed by atoms with E-state index in [1.54, 1.807) is 31.2 Å². The Bertz CT molecular complexity index is 516. The lowest BCUT2D eigenvalue weighted by molar-refractivity contribution is -0.116. The van der Waals surface area contributed by atoms with Crippen molar-refractivity contribution < 1.29 is 14.3 Å². The largest absolute Gasteiger partial charge is 0.462 e. The highest BCUT2D eigenvalue weighted by Gasteiger charge is 2.15. The molecular formula is C17H25ClN2O3. The van der Waals surface area contributed by atoms with Crippen LogP contribution in [-0.2, 0) is 9.53 Å². The van der Waals surface area contributed by atoms with Crippen LogP contribution in [-0.4, -0.2) is 31.6 Å². The number of hydrogen-bond donors (Lipinski definition) is 2. The molecule has 0 aromatic heterocycles. The first-order chi connectivity index (χ1) is 10.7. The average Bonchev–Trinajstić information content (AvgIpc) is 2.54. The number of benzene rings is 1. The number of rotatable bonds is 6. The van der Waals surface area contributed by atoms with Crippen LogP contribution in [0.3, 0.4) is 0 Å². The molecule has 1 aliphatic heterocycles. The third-order valence-electron chi connectivity index (χ3n) is 3.90. The van der Waals surface area contributed by atoms with Gasteiger partial charge in [-0.25, -0.2) is 4.79 Å². The summed E-state index contributed by atoms with van der Waals surface area (Å²) >= 11 is 0. The number of ether oxygens (including phenoxy) is 1. The van der Waals surface area contributed by atoms with Gasteiger partial charge in [0.2, 0.25) is 5.91 Å². The summed E-state index contributed by atoms with van der Waals surface area (Å²) in [4.78, 5) is 23.7. The maximum absolute atomic E-state index is 12.0. The van der Waals surface area contributed by atoms with E-state index in [0.717, 1.165) is 32.4 Å². The maximum atomic E-state index is 12.0. The molecule has 128 valence electrons. The molecule has 0 radical (unpaired) electrons. The monoisotopic (exact) mass is 340 g/mol. The maximum Gasteiger partial charge on any atom is 0.338 e. The minimum absolute atomic E-state index is 0. The predicted molar refractivity (Wildman–Crippen MR) is 93.1 cm³/mol. The lowest BCUT2D eigenvalue weighted by Gasteiger charge is -2.22. The normalized spacial score (nSPS) is 14.7. The molecule has 1 fully saturated rings. The Morgan fingerprint density at radius 3 is 2.74 bits per heavy atom. The zero-order valence-electron chi connectivity index (χ0n) is 13.5. The van der Waals surface area contributed by atoms with Crippen molar-refractivity contribution in [3.8, 4) is 0 Å². The van der Waals surface area contributed by atoms with Crippen molar-refractivity contribution in [2.45, 2.75) is 32.6 Å². The topological polar surface area (TPSA) is 67.4 Å². The van der Waals surface area contributed by atoms with Crippen LogP contribution in [0.4, 0.5) is 5.69 Å². The van der Waals surface area contributed by atoms with Crippen LogP contribution in [0, 0.1) is 5.92 Å². The van der Waals surface area contributed by atoms with E-state index < -0.39 is 0 Å². The average molecular weight is 341 g/mol. The van der Waals surface area contributed by atoms with E-state index in [4.69, 9.17) is 4.74 Å². The number of carbonyl (C=O) groups excluding carboxylic acids is 2. The van der Waals surface area contributed by atoms with Gasteiger partial charge in [0.1, 0.15) is 0 Å². The van der Waals surface area contributed by atoms with Crippen molar-refractivity contribution in [2.75, 3.05) is 25.0 Å². The highest BCUT2D eigenvalue weighted by atomic mass is 35.5. The molecule has 1 saturated heterocycles. The van der Waals surface area contributed by atoms with E-state index >= 15 is 0 Å². The zero-order chi connectivity index (χ0) is 15.8. The highest BCUT2D eigenvalue weighted by Crippen LogP contribution is 2.18. The van der Waals surface area contributed by atoms with Crippen molar-refractivity contribution in [3.63, 3.8) is 0 Å². The first-order valence-corrected chi connectivity index (χ1v) is 7.96. The Balaban J connectivity index is 0.00000264. The quantitative estimate of drug-likeness (QED) is 0.781. The number of piperidine rings is 1. The Morgan fingerprint density at radius 2 is 2.04 bits per heavy atom. The number of esters is 1. The third kappa shape index (κ3) is 6.59. The molecule has 5 nitrogen and oxygen atoms in total. The first-order valence-electron chi connectivity index (χ1n) is 7.96. The SMILES string of the molecule is CCOC(=O)c1cccc(NC(=O)CCC2CCNCC2)c1.Cl. The van der Waals surface area contributed by atoms with Gasteiger partial charge < -0.3 is 15.4 Å². The number of nitrogens with one attached hydrogen (secondary N) is 2. The Hall–Kier alpha value is -1.59. The van der Waals surface area contributed by atoms with Crippen LogP contribution in [0.25, 0.3) is 0 Å². The second-order valence-electron chi connectivity index (χ2n) is 5.58. The molecule has 1 amide bonds. The Morgan fingerprint density at radius 1 is 1.30 bits per heavy atom. The summed E-state index contributed by atoms with van der Waals surface area (Å²) in [5.41, 5.74) is 1.10. The van der Waals surface area contributed by atoms with E-state index in [9.17, 15) is 9.59 Å². The summed E-state index contributed by atoms with van der Waals surface area (Å²) in [5, 5.41) is 6.18. The summed E-state index contributed by atoms with van der Waals surface area (Å²) in [7, 11) is 0. The molecule has 2 N–H and O–H groups in total. The molecular weight excluding hydrogens is 316 g/mol. The number of carbonyl (C=O) groups is 2. The lowest BCUT2D eigenvalue weighted by Crippen LogP contribution is -2.28. The molecule has 1 heterocycles. The molecule has 0 aliphatic carbocycles. The van der Waals surface area contributed by atoms with Crippen molar-refractivity contribution in [3.05, 3.63) is 29.8 Å². The second kappa shape index (κ2) is 10.2. The lowest BCUT2D eigenvalue weighted by atomic mass is 9.93. The molecule has 6 heteroatoms. The smallest absolute Gasteiger partial charge is 0.338 e. The van der Waals surface area contributed by atoms with Crippen molar-refractivity contribution >= 4 is 30.0 Å². The molecule has 0 atom stereocenters. The number of anilines is 1. The zero-order valence-corrected chi connectivity index (χ0v) is 14.3. The minimum Gasteiger partial charge on any atom is -0.462 e.